The summed E-state index contributed by atoms with van der Waals surface area (Å²) in [6.45, 7) is 13.2. The average Bonchev–Trinajstić information content (AvgIpc) is 3.46. The van der Waals surface area contributed by atoms with Crippen LogP contribution in [0.5, 0.6) is 5.75 Å². The van der Waals surface area contributed by atoms with Crippen molar-refractivity contribution in [2.24, 2.45) is 10.8 Å². The van der Waals surface area contributed by atoms with Gasteiger partial charge in [-0.15, -0.1) is 0 Å². The molecule has 3 aromatic rings. The van der Waals surface area contributed by atoms with E-state index in [1.807, 2.05) is 6.07 Å². The summed E-state index contributed by atoms with van der Waals surface area (Å²) < 4.78 is 6.35. The second-order valence-electron chi connectivity index (χ2n) is 17.0. The maximum absolute atomic E-state index is 13.4. The van der Waals surface area contributed by atoms with Crippen LogP contribution in [0.15, 0.2) is 48.8 Å². The average molecular weight is 808 g/mol. The van der Waals surface area contributed by atoms with Gasteiger partial charge in [0, 0.05) is 80.4 Å². The van der Waals surface area contributed by atoms with Gasteiger partial charge in [-0.1, -0.05) is 39.3 Å². The Labute approximate surface area is 341 Å². The van der Waals surface area contributed by atoms with Crippen molar-refractivity contribution in [1.29, 1.82) is 5.26 Å². The largest absolute Gasteiger partial charge is 0.489 e. The fourth-order valence-corrected chi connectivity index (χ4v) is 10.1. The first kappa shape index (κ1) is 39.2. The molecule has 4 fully saturated rings. The molecule has 8 rings (SSSR count). The van der Waals surface area contributed by atoms with Gasteiger partial charge in [0.1, 0.15) is 24.0 Å². The molecule has 5 amide bonds. The number of amides is 5. The fraction of sp³-hybridized carbons (Fsp3) is 0.476. The number of carbonyl (C=O) groups excluding carboxylic acids is 5. The van der Waals surface area contributed by atoms with Crippen molar-refractivity contribution in [3.63, 3.8) is 0 Å². The van der Waals surface area contributed by atoms with Gasteiger partial charge in [-0.05, 0) is 49.6 Å². The number of ether oxygens (including phenoxy) is 1. The van der Waals surface area contributed by atoms with E-state index in [1.165, 1.54) is 0 Å². The maximum atomic E-state index is 13.4. The van der Waals surface area contributed by atoms with Crippen LogP contribution in [0.2, 0.25) is 5.02 Å². The van der Waals surface area contributed by atoms with E-state index in [9.17, 15) is 29.2 Å². The zero-order valence-corrected chi connectivity index (χ0v) is 33.7. The van der Waals surface area contributed by atoms with Gasteiger partial charge in [0.2, 0.25) is 17.6 Å². The highest BCUT2D eigenvalue weighted by Gasteiger charge is 2.64. The summed E-state index contributed by atoms with van der Waals surface area (Å²) in [5.41, 5.74) is 1.87. The Morgan fingerprint density at radius 1 is 0.862 bits per heavy atom. The Morgan fingerprint density at radius 2 is 1.52 bits per heavy atom. The summed E-state index contributed by atoms with van der Waals surface area (Å²) in [6, 6.07) is 11.6. The zero-order valence-electron chi connectivity index (χ0n) is 33.0. The van der Waals surface area contributed by atoms with Gasteiger partial charge < -0.3 is 19.9 Å². The molecule has 302 valence electrons. The molecule has 5 aliphatic rings. The monoisotopic (exact) mass is 807 g/mol. The molecule has 0 bridgehead atoms. The Balaban J connectivity index is 0.811. The van der Waals surface area contributed by atoms with Crippen LogP contribution in [-0.4, -0.2) is 113 Å². The molecule has 1 aromatic heterocycles. The molecule has 0 spiro atoms. The quantitative estimate of drug-likeness (QED) is 0.315. The van der Waals surface area contributed by atoms with E-state index in [1.54, 1.807) is 42.7 Å². The van der Waals surface area contributed by atoms with E-state index in [4.69, 9.17) is 16.3 Å². The summed E-state index contributed by atoms with van der Waals surface area (Å²) in [6.07, 6.45) is 5.31. The molecule has 2 aromatic carbocycles. The molecule has 58 heavy (non-hydrogen) atoms. The number of rotatable bonds is 8. The summed E-state index contributed by atoms with van der Waals surface area (Å²) >= 11 is 6.24. The van der Waals surface area contributed by atoms with Crippen LogP contribution in [-0.2, 0) is 9.59 Å². The third-order valence-electron chi connectivity index (χ3n) is 12.7. The molecule has 0 radical (unpaired) electrons. The van der Waals surface area contributed by atoms with Crippen molar-refractivity contribution in [2.45, 2.75) is 77.6 Å². The topological polar surface area (TPSA) is 181 Å². The number of piperidine rings is 2. The van der Waals surface area contributed by atoms with Crippen LogP contribution in [0, 0.1) is 22.2 Å². The lowest BCUT2D eigenvalue weighted by Crippen LogP contribution is -2.74. The van der Waals surface area contributed by atoms with E-state index in [0.29, 0.717) is 27.9 Å². The highest BCUT2D eigenvalue weighted by Crippen LogP contribution is 2.55. The number of aromatic nitrogens is 2. The lowest BCUT2D eigenvalue weighted by atomic mass is 9.49. The zero-order chi connectivity index (χ0) is 41.1. The minimum atomic E-state index is -0.985. The number of halogens is 1. The van der Waals surface area contributed by atoms with Crippen LogP contribution in [0.1, 0.15) is 90.3 Å². The standard InChI is InChI=1S/C42H46ClN9O6/c1-41(2)39(42(3,4)40(41)58-28-7-5-24(21-44)31(43)20-28)48-36(55)34-45-22-27(23-46-34)51-17-15-50(16-18-51)25-11-13-49(14-12-25)26-6-8-29-30(19-26)38(57)52(37(29)56)32-9-10-33(53)47-35(32)54/h5-8,19-20,22-23,25,32,39-40H,9-18H2,1-4H3,(H,48,55)(H,47,53,54). The van der Waals surface area contributed by atoms with Gasteiger partial charge in [0.15, 0.2) is 0 Å². The summed E-state index contributed by atoms with van der Waals surface area (Å²) in [5.74, 6) is -1.68. The molecular weight excluding hydrogens is 762 g/mol. The molecule has 15 nitrogen and oxygen atoms in total. The third-order valence-corrected chi connectivity index (χ3v) is 13.0. The molecule has 1 saturated carbocycles. The van der Waals surface area contributed by atoms with Crippen LogP contribution >= 0.6 is 11.6 Å². The SMILES string of the molecule is CC1(C)C(NC(=O)c2ncc(N3CCN(C4CCN(c5ccc6c(c5)C(=O)N(C5CCC(=O)NC5=O)C6=O)CC4)CC3)cn2)C(C)(C)C1Oc1ccc(C#N)c(Cl)c1. The van der Waals surface area contributed by atoms with Crippen LogP contribution in [0.4, 0.5) is 11.4 Å². The molecule has 1 atom stereocenters. The number of fused-ring (bicyclic) bond motifs is 1. The Bertz CT molecular complexity index is 2210. The first-order valence-electron chi connectivity index (χ1n) is 19.8. The normalized spacial score (nSPS) is 24.5. The number of hydrogen-bond acceptors (Lipinski definition) is 12. The molecule has 1 aliphatic carbocycles. The molecule has 3 saturated heterocycles. The smallest absolute Gasteiger partial charge is 0.289 e. The lowest BCUT2D eigenvalue weighted by Gasteiger charge is -2.63. The Morgan fingerprint density at radius 3 is 2.16 bits per heavy atom. The molecule has 16 heteroatoms. The van der Waals surface area contributed by atoms with E-state index in [0.717, 1.165) is 68.4 Å². The molecule has 1 unspecified atom stereocenters. The third kappa shape index (κ3) is 6.91. The van der Waals surface area contributed by atoms with E-state index < -0.39 is 40.5 Å². The van der Waals surface area contributed by atoms with Crippen LogP contribution in [0.25, 0.3) is 0 Å². The van der Waals surface area contributed by atoms with Crippen LogP contribution in [0.3, 0.4) is 0 Å². The van der Waals surface area contributed by atoms with Gasteiger partial charge in [-0.2, -0.15) is 5.26 Å². The summed E-state index contributed by atoms with van der Waals surface area (Å²) in [4.78, 5) is 80.9. The van der Waals surface area contributed by atoms with Gasteiger partial charge in [-0.25, -0.2) is 9.97 Å². The van der Waals surface area contributed by atoms with E-state index >= 15 is 0 Å². The Kier molecular flexibility index (Phi) is 10.1. The number of carbonyl (C=O) groups is 5. The van der Waals surface area contributed by atoms with Crippen molar-refractivity contribution in [3.05, 3.63) is 76.3 Å². The second-order valence-corrected chi connectivity index (χ2v) is 17.4. The van der Waals surface area contributed by atoms with Crippen molar-refractivity contribution in [1.82, 2.24) is 30.4 Å². The molecule has 4 aliphatic heterocycles. The molecular formula is C42H46ClN9O6. The van der Waals surface area contributed by atoms with E-state index in [-0.39, 0.29) is 42.3 Å². The number of anilines is 2. The number of nitrogens with zero attached hydrogens (tertiary/aromatic N) is 7. The van der Waals surface area contributed by atoms with Crippen molar-refractivity contribution in [3.8, 4) is 11.8 Å². The number of imide groups is 2. The first-order chi connectivity index (χ1) is 27.7. The molecule has 2 N–H and O–H groups in total. The van der Waals surface area contributed by atoms with Gasteiger partial charge in [0.25, 0.3) is 17.7 Å². The predicted molar refractivity (Wildman–Crippen MR) is 214 cm³/mol. The maximum Gasteiger partial charge on any atom is 0.289 e. The minimum absolute atomic E-state index is 0.0823. The highest BCUT2D eigenvalue weighted by molar-refractivity contribution is 6.31. The number of nitrogens with one attached hydrogen (secondary N) is 2. The lowest BCUT2D eigenvalue weighted by molar-refractivity contribution is -0.164. The van der Waals surface area contributed by atoms with Crippen molar-refractivity contribution in [2.75, 3.05) is 49.1 Å². The summed E-state index contributed by atoms with van der Waals surface area (Å²) in [7, 11) is 0. The number of piperazine rings is 1. The number of nitriles is 1. The fourth-order valence-electron chi connectivity index (χ4n) is 9.88. The summed E-state index contributed by atoms with van der Waals surface area (Å²) in [5, 5.41) is 14.9. The number of benzene rings is 2. The van der Waals surface area contributed by atoms with Gasteiger partial charge in [-0.3, -0.25) is 39.1 Å². The van der Waals surface area contributed by atoms with Gasteiger partial charge >= 0.3 is 0 Å². The predicted octanol–water partition coefficient (Wildman–Crippen LogP) is 3.81. The minimum Gasteiger partial charge on any atom is -0.489 e. The van der Waals surface area contributed by atoms with E-state index in [2.05, 4.69) is 69.1 Å². The van der Waals surface area contributed by atoms with Gasteiger partial charge in [0.05, 0.1) is 39.8 Å². The second kappa shape index (κ2) is 15.0. The van der Waals surface area contributed by atoms with Crippen molar-refractivity contribution >= 4 is 52.5 Å². The molecule has 5 heterocycles. The van der Waals surface area contributed by atoms with Crippen molar-refractivity contribution < 1.29 is 28.7 Å². The highest BCUT2D eigenvalue weighted by atomic mass is 35.5. The first-order valence-corrected chi connectivity index (χ1v) is 20.1. The Hall–Kier alpha value is -5.59. The number of hydrogen-bond donors (Lipinski definition) is 2. The van der Waals surface area contributed by atoms with Crippen LogP contribution < -0.4 is 25.2 Å².